The zero-order valence-corrected chi connectivity index (χ0v) is 18.5. The zero-order valence-electron chi connectivity index (χ0n) is 17.7. The molecular formula is C26H25ClFN3O. The summed E-state index contributed by atoms with van der Waals surface area (Å²) < 4.78 is 16.3. The lowest BCUT2D eigenvalue weighted by Gasteiger charge is -2.10. The van der Waals surface area contributed by atoms with Crippen LogP contribution in [0.1, 0.15) is 41.0 Å². The fourth-order valence-corrected chi connectivity index (χ4v) is 4.00. The molecule has 32 heavy (non-hydrogen) atoms. The van der Waals surface area contributed by atoms with Crippen LogP contribution in [0, 0.1) is 5.82 Å². The van der Waals surface area contributed by atoms with Gasteiger partial charge in [0.05, 0.1) is 17.6 Å². The molecule has 1 aromatic heterocycles. The summed E-state index contributed by atoms with van der Waals surface area (Å²) in [5.74, 6) is 0.642. The number of benzene rings is 3. The number of rotatable bonds is 9. The molecule has 1 heterocycles. The Labute approximate surface area is 192 Å². The smallest absolute Gasteiger partial charge is 0.251 e. The molecule has 0 spiro atoms. The standard InChI is InChI=1S/C26H25ClFN3O/c27-21-11-8-10-19(17-21)26(32)29-16-7-1-2-15-25-30-23-13-5-6-14-24(23)31(25)18-20-9-3-4-12-22(20)28/h3-6,8-14,17H,1-2,7,15-16,18H2,(H,29,32). The van der Waals surface area contributed by atoms with Crippen LogP contribution in [0.15, 0.2) is 72.8 Å². The van der Waals surface area contributed by atoms with Crippen LogP contribution < -0.4 is 5.32 Å². The van der Waals surface area contributed by atoms with E-state index >= 15 is 0 Å². The van der Waals surface area contributed by atoms with Crippen molar-refractivity contribution in [2.24, 2.45) is 0 Å². The second-order valence-electron chi connectivity index (χ2n) is 7.77. The number of carbonyl (C=O) groups excluding carboxylic acids is 1. The SMILES string of the molecule is O=C(NCCCCCc1nc2ccccc2n1Cc1ccccc1F)c1cccc(Cl)c1. The molecule has 0 saturated heterocycles. The van der Waals surface area contributed by atoms with E-state index < -0.39 is 0 Å². The summed E-state index contributed by atoms with van der Waals surface area (Å²) in [5, 5.41) is 3.49. The first-order valence-corrected chi connectivity index (χ1v) is 11.2. The van der Waals surface area contributed by atoms with Gasteiger partial charge in [-0.1, -0.05) is 54.4 Å². The first-order chi connectivity index (χ1) is 15.6. The topological polar surface area (TPSA) is 46.9 Å². The van der Waals surface area contributed by atoms with Crippen LogP contribution in [-0.4, -0.2) is 22.0 Å². The number of amides is 1. The Morgan fingerprint density at radius 1 is 0.969 bits per heavy atom. The molecule has 1 N–H and O–H groups in total. The third-order valence-corrected chi connectivity index (χ3v) is 5.70. The lowest BCUT2D eigenvalue weighted by Crippen LogP contribution is -2.24. The number of unbranched alkanes of at least 4 members (excludes halogenated alkanes) is 2. The number of hydrogen-bond acceptors (Lipinski definition) is 2. The number of aromatic nitrogens is 2. The molecule has 0 bridgehead atoms. The summed E-state index contributed by atoms with van der Waals surface area (Å²) in [6.45, 7) is 1.06. The molecule has 0 radical (unpaired) electrons. The molecule has 3 aromatic carbocycles. The molecule has 1 amide bonds. The van der Waals surface area contributed by atoms with Crippen LogP contribution in [0.4, 0.5) is 4.39 Å². The van der Waals surface area contributed by atoms with Crippen LogP contribution in [0.25, 0.3) is 11.0 Å². The molecule has 164 valence electrons. The Bertz CT molecular complexity index is 1220. The van der Waals surface area contributed by atoms with Gasteiger partial charge in [-0.05, 0) is 49.2 Å². The van der Waals surface area contributed by atoms with Gasteiger partial charge in [-0.2, -0.15) is 0 Å². The van der Waals surface area contributed by atoms with Crippen molar-refractivity contribution in [3.8, 4) is 0 Å². The van der Waals surface area contributed by atoms with Crippen molar-refractivity contribution in [1.82, 2.24) is 14.9 Å². The maximum Gasteiger partial charge on any atom is 0.251 e. The Morgan fingerprint density at radius 2 is 1.78 bits per heavy atom. The number of para-hydroxylation sites is 2. The Morgan fingerprint density at radius 3 is 2.62 bits per heavy atom. The van der Waals surface area contributed by atoms with E-state index in [1.165, 1.54) is 6.07 Å². The maximum atomic E-state index is 14.2. The van der Waals surface area contributed by atoms with Crippen molar-refractivity contribution in [2.45, 2.75) is 32.2 Å². The monoisotopic (exact) mass is 449 g/mol. The summed E-state index contributed by atoms with van der Waals surface area (Å²) in [6.07, 6.45) is 3.57. The fraction of sp³-hybridized carbons (Fsp3) is 0.231. The highest BCUT2D eigenvalue weighted by Crippen LogP contribution is 2.20. The van der Waals surface area contributed by atoms with Crippen LogP contribution in [0.2, 0.25) is 5.02 Å². The molecule has 0 atom stereocenters. The fourth-order valence-electron chi connectivity index (χ4n) is 3.81. The second-order valence-corrected chi connectivity index (χ2v) is 8.21. The predicted octanol–water partition coefficient (Wildman–Crippen LogP) is 6.02. The van der Waals surface area contributed by atoms with Gasteiger partial charge in [0.15, 0.2) is 0 Å². The Hall–Kier alpha value is -3.18. The first kappa shape index (κ1) is 22.0. The predicted molar refractivity (Wildman–Crippen MR) is 127 cm³/mol. The average Bonchev–Trinajstić information content (AvgIpc) is 3.14. The number of nitrogens with zero attached hydrogens (tertiary/aromatic N) is 2. The van der Waals surface area contributed by atoms with E-state index in [4.69, 9.17) is 16.6 Å². The van der Waals surface area contributed by atoms with E-state index in [0.29, 0.717) is 29.2 Å². The minimum atomic E-state index is -0.202. The van der Waals surface area contributed by atoms with Crippen molar-refractivity contribution in [3.63, 3.8) is 0 Å². The van der Waals surface area contributed by atoms with Crippen molar-refractivity contribution < 1.29 is 9.18 Å². The summed E-state index contributed by atoms with van der Waals surface area (Å²) in [6, 6.07) is 21.8. The van der Waals surface area contributed by atoms with Crippen molar-refractivity contribution in [2.75, 3.05) is 6.54 Å². The van der Waals surface area contributed by atoms with Gasteiger partial charge in [0.1, 0.15) is 11.6 Å². The van der Waals surface area contributed by atoms with E-state index in [1.54, 1.807) is 30.3 Å². The Balaban J connectivity index is 1.33. The molecule has 0 aliphatic rings. The molecule has 0 fully saturated rings. The first-order valence-electron chi connectivity index (χ1n) is 10.8. The summed E-state index contributed by atoms with van der Waals surface area (Å²) in [7, 11) is 0. The van der Waals surface area contributed by atoms with E-state index in [0.717, 1.165) is 42.5 Å². The number of fused-ring (bicyclic) bond motifs is 1. The van der Waals surface area contributed by atoms with Gasteiger partial charge in [-0.3, -0.25) is 4.79 Å². The largest absolute Gasteiger partial charge is 0.352 e. The zero-order chi connectivity index (χ0) is 22.3. The van der Waals surface area contributed by atoms with Crippen molar-refractivity contribution in [1.29, 1.82) is 0 Å². The highest BCUT2D eigenvalue weighted by atomic mass is 35.5. The number of imidazole rings is 1. The molecular weight excluding hydrogens is 425 g/mol. The molecule has 0 saturated carbocycles. The minimum absolute atomic E-state index is 0.112. The summed E-state index contributed by atoms with van der Waals surface area (Å²) in [4.78, 5) is 17.0. The van der Waals surface area contributed by atoms with E-state index in [9.17, 15) is 9.18 Å². The molecule has 0 unspecified atom stereocenters. The quantitative estimate of drug-likeness (QED) is 0.317. The number of halogens is 2. The molecule has 0 aliphatic heterocycles. The Kier molecular flexibility index (Phi) is 7.17. The molecule has 4 rings (SSSR count). The van der Waals surface area contributed by atoms with Gasteiger partial charge in [-0.15, -0.1) is 0 Å². The highest BCUT2D eigenvalue weighted by molar-refractivity contribution is 6.30. The molecule has 4 nitrogen and oxygen atoms in total. The van der Waals surface area contributed by atoms with E-state index in [2.05, 4.69) is 9.88 Å². The number of aryl methyl sites for hydroxylation is 1. The number of nitrogens with one attached hydrogen (secondary N) is 1. The maximum absolute atomic E-state index is 14.2. The molecule has 0 aliphatic carbocycles. The summed E-state index contributed by atoms with van der Waals surface area (Å²) in [5.41, 5.74) is 3.16. The van der Waals surface area contributed by atoms with Gasteiger partial charge >= 0.3 is 0 Å². The number of hydrogen-bond donors (Lipinski definition) is 1. The van der Waals surface area contributed by atoms with Crippen LogP contribution in [0.3, 0.4) is 0 Å². The normalized spacial score (nSPS) is 11.1. The van der Waals surface area contributed by atoms with Crippen molar-refractivity contribution >= 4 is 28.5 Å². The van der Waals surface area contributed by atoms with Crippen molar-refractivity contribution in [3.05, 3.63) is 101 Å². The second kappa shape index (κ2) is 10.4. The van der Waals surface area contributed by atoms with Crippen LogP contribution >= 0.6 is 11.6 Å². The van der Waals surface area contributed by atoms with Gasteiger partial charge in [0.25, 0.3) is 5.91 Å². The lowest BCUT2D eigenvalue weighted by atomic mass is 10.1. The highest BCUT2D eigenvalue weighted by Gasteiger charge is 2.12. The van der Waals surface area contributed by atoms with Crippen LogP contribution in [0.5, 0.6) is 0 Å². The van der Waals surface area contributed by atoms with Gasteiger partial charge in [-0.25, -0.2) is 9.37 Å². The number of carbonyl (C=O) groups is 1. The van der Waals surface area contributed by atoms with E-state index in [-0.39, 0.29) is 11.7 Å². The minimum Gasteiger partial charge on any atom is -0.352 e. The van der Waals surface area contributed by atoms with Gasteiger partial charge in [0.2, 0.25) is 0 Å². The molecule has 6 heteroatoms. The third-order valence-electron chi connectivity index (χ3n) is 5.47. The van der Waals surface area contributed by atoms with E-state index in [1.807, 2.05) is 36.4 Å². The average molecular weight is 450 g/mol. The summed E-state index contributed by atoms with van der Waals surface area (Å²) >= 11 is 5.94. The third kappa shape index (κ3) is 5.35. The van der Waals surface area contributed by atoms with Crippen LogP contribution in [-0.2, 0) is 13.0 Å². The molecule has 4 aromatic rings. The van der Waals surface area contributed by atoms with Gasteiger partial charge < -0.3 is 9.88 Å². The van der Waals surface area contributed by atoms with Gasteiger partial charge in [0, 0.05) is 29.1 Å². The lowest BCUT2D eigenvalue weighted by molar-refractivity contribution is 0.0953.